The van der Waals surface area contributed by atoms with Crippen LogP contribution in [-0.2, 0) is 4.79 Å². The maximum absolute atomic E-state index is 14.4. The summed E-state index contributed by atoms with van der Waals surface area (Å²) < 4.78 is 14.2. The number of benzene rings is 2. The summed E-state index contributed by atoms with van der Waals surface area (Å²) in [5, 5.41) is 0. The number of nitrogens with zero attached hydrogens (tertiary/aromatic N) is 2. The van der Waals surface area contributed by atoms with Gasteiger partial charge in [-0.15, -0.1) is 0 Å². The third-order valence-corrected chi connectivity index (χ3v) is 9.83. The third kappa shape index (κ3) is 5.60. The van der Waals surface area contributed by atoms with Gasteiger partial charge >= 0.3 is 0 Å². The van der Waals surface area contributed by atoms with E-state index >= 15 is 0 Å². The van der Waals surface area contributed by atoms with Gasteiger partial charge in [-0.2, -0.15) is 0 Å². The standard InChI is InChI=1S/C34H47FN2O/c1-8-23(3)12-17-30(26-13-10-24(4)11-14-26)37-32(38)31(27-15-16-29(35)25(5)22-27)36-34(37)20-18-28(19-21-34)33(6,7)9-2/h10-11,13-16,22-23,28,30H,8-9,12,17-21H2,1-7H3. The van der Waals surface area contributed by atoms with Crippen LogP contribution in [0, 0.1) is 36.9 Å². The third-order valence-electron chi connectivity index (χ3n) is 9.83. The van der Waals surface area contributed by atoms with Crippen molar-refractivity contribution in [2.75, 3.05) is 0 Å². The molecule has 2 aromatic carbocycles. The molecule has 2 unspecified atom stereocenters. The van der Waals surface area contributed by atoms with Crippen molar-refractivity contribution in [3.63, 3.8) is 0 Å². The zero-order valence-corrected chi connectivity index (χ0v) is 24.6. The fourth-order valence-electron chi connectivity index (χ4n) is 6.41. The van der Waals surface area contributed by atoms with Gasteiger partial charge in [0.1, 0.15) is 17.2 Å². The largest absolute Gasteiger partial charge is 0.305 e. The number of halogens is 1. The predicted octanol–water partition coefficient (Wildman–Crippen LogP) is 8.96. The highest BCUT2D eigenvalue weighted by molar-refractivity contribution is 6.46. The van der Waals surface area contributed by atoms with E-state index in [9.17, 15) is 9.18 Å². The quantitative estimate of drug-likeness (QED) is 0.326. The molecular weight excluding hydrogens is 471 g/mol. The van der Waals surface area contributed by atoms with Gasteiger partial charge < -0.3 is 4.90 Å². The number of carbonyl (C=O) groups is 1. The molecule has 0 saturated heterocycles. The second-order valence-corrected chi connectivity index (χ2v) is 12.7. The molecule has 0 aromatic heterocycles. The van der Waals surface area contributed by atoms with Crippen LogP contribution in [0.1, 0.15) is 114 Å². The van der Waals surface area contributed by atoms with Crippen molar-refractivity contribution in [3.05, 3.63) is 70.5 Å². The Bertz CT molecular complexity index is 1160. The summed E-state index contributed by atoms with van der Waals surface area (Å²) in [4.78, 5) is 21.9. The fourth-order valence-corrected chi connectivity index (χ4v) is 6.41. The lowest BCUT2D eigenvalue weighted by atomic mass is 9.67. The van der Waals surface area contributed by atoms with Crippen LogP contribution in [0.2, 0.25) is 0 Å². The van der Waals surface area contributed by atoms with E-state index in [1.807, 2.05) is 0 Å². The lowest BCUT2D eigenvalue weighted by molar-refractivity contribution is -0.134. The molecule has 2 aromatic rings. The summed E-state index contributed by atoms with van der Waals surface area (Å²) in [6.45, 7) is 15.4. The lowest BCUT2D eigenvalue weighted by Gasteiger charge is -2.48. The van der Waals surface area contributed by atoms with Crippen molar-refractivity contribution < 1.29 is 9.18 Å². The summed E-state index contributed by atoms with van der Waals surface area (Å²) in [7, 11) is 0. The minimum Gasteiger partial charge on any atom is -0.305 e. The van der Waals surface area contributed by atoms with Gasteiger partial charge in [0.05, 0.1) is 6.04 Å². The molecule has 1 aliphatic heterocycles. The Kier molecular flexibility index (Phi) is 8.49. The topological polar surface area (TPSA) is 32.7 Å². The average molecular weight is 519 g/mol. The van der Waals surface area contributed by atoms with Gasteiger partial charge in [-0.3, -0.25) is 9.79 Å². The molecule has 1 spiro atoms. The molecule has 1 amide bonds. The maximum Gasteiger partial charge on any atom is 0.275 e. The van der Waals surface area contributed by atoms with Gasteiger partial charge in [0.2, 0.25) is 0 Å². The Hall–Kier alpha value is -2.49. The molecule has 4 heteroatoms. The van der Waals surface area contributed by atoms with E-state index < -0.39 is 5.66 Å². The van der Waals surface area contributed by atoms with E-state index in [2.05, 4.69) is 70.7 Å². The maximum atomic E-state index is 14.4. The van der Waals surface area contributed by atoms with E-state index in [-0.39, 0.29) is 23.2 Å². The van der Waals surface area contributed by atoms with Crippen molar-refractivity contribution in [1.29, 1.82) is 0 Å². The van der Waals surface area contributed by atoms with Crippen LogP contribution < -0.4 is 0 Å². The molecular formula is C34H47FN2O. The van der Waals surface area contributed by atoms with Crippen LogP contribution in [0.5, 0.6) is 0 Å². The molecule has 1 saturated carbocycles. The molecule has 4 rings (SSSR count). The van der Waals surface area contributed by atoms with E-state index in [4.69, 9.17) is 4.99 Å². The summed E-state index contributed by atoms with van der Waals surface area (Å²) in [5.41, 5.74) is 3.93. The second-order valence-electron chi connectivity index (χ2n) is 12.7. The molecule has 1 aliphatic carbocycles. The number of carbonyl (C=O) groups excluding carboxylic acids is 1. The molecule has 3 nitrogen and oxygen atoms in total. The van der Waals surface area contributed by atoms with Gasteiger partial charge in [0.25, 0.3) is 5.91 Å². The van der Waals surface area contributed by atoms with Gasteiger partial charge in [-0.05, 0) is 98.9 Å². The first-order valence-corrected chi connectivity index (χ1v) is 14.8. The first-order valence-electron chi connectivity index (χ1n) is 14.8. The average Bonchev–Trinajstić information content (AvgIpc) is 3.18. The van der Waals surface area contributed by atoms with E-state index in [0.717, 1.165) is 56.9 Å². The molecule has 0 radical (unpaired) electrons. The first kappa shape index (κ1) is 28.5. The second kappa shape index (κ2) is 11.3. The molecule has 2 aliphatic rings. The molecule has 0 N–H and O–H groups in total. The Balaban J connectivity index is 1.78. The van der Waals surface area contributed by atoms with E-state index in [1.54, 1.807) is 19.1 Å². The summed E-state index contributed by atoms with van der Waals surface area (Å²) in [5.74, 6) is 0.969. The van der Waals surface area contributed by atoms with Crippen LogP contribution in [0.25, 0.3) is 0 Å². The number of rotatable bonds is 9. The van der Waals surface area contributed by atoms with Crippen molar-refractivity contribution in [2.24, 2.45) is 22.2 Å². The molecule has 206 valence electrons. The van der Waals surface area contributed by atoms with E-state index in [1.165, 1.54) is 17.2 Å². The van der Waals surface area contributed by atoms with Crippen LogP contribution >= 0.6 is 0 Å². The van der Waals surface area contributed by atoms with Crippen molar-refractivity contribution in [1.82, 2.24) is 4.90 Å². The normalized spacial score (nSPS) is 23.6. The molecule has 1 fully saturated rings. The van der Waals surface area contributed by atoms with Crippen LogP contribution in [0.15, 0.2) is 47.5 Å². The van der Waals surface area contributed by atoms with Crippen LogP contribution in [0.3, 0.4) is 0 Å². The Labute approximate surface area is 229 Å². The van der Waals surface area contributed by atoms with E-state index in [0.29, 0.717) is 23.1 Å². The number of amides is 1. The Morgan fingerprint density at radius 3 is 2.29 bits per heavy atom. The highest BCUT2D eigenvalue weighted by Gasteiger charge is 2.52. The summed E-state index contributed by atoms with van der Waals surface area (Å²) in [6, 6.07) is 13.7. The van der Waals surface area contributed by atoms with Crippen molar-refractivity contribution in [3.8, 4) is 0 Å². The Morgan fingerprint density at radius 1 is 1.05 bits per heavy atom. The number of hydrogen-bond acceptors (Lipinski definition) is 2. The lowest BCUT2D eigenvalue weighted by Crippen LogP contribution is -2.51. The SMILES string of the molecule is CCC(C)CCC(c1ccc(C)cc1)N1C(=O)C(c2ccc(F)c(C)c2)=NC12CCC(C(C)(C)CC)CC2. The number of hydrogen-bond donors (Lipinski definition) is 0. The first-order chi connectivity index (χ1) is 18.0. The molecule has 2 atom stereocenters. The van der Waals surface area contributed by atoms with Gasteiger partial charge in [-0.25, -0.2) is 4.39 Å². The zero-order valence-electron chi connectivity index (χ0n) is 24.6. The van der Waals surface area contributed by atoms with Crippen LogP contribution in [-0.4, -0.2) is 22.2 Å². The van der Waals surface area contributed by atoms with Crippen molar-refractivity contribution in [2.45, 2.75) is 112 Å². The monoisotopic (exact) mass is 518 g/mol. The number of aliphatic imine (C=N–C) groups is 1. The Morgan fingerprint density at radius 2 is 1.71 bits per heavy atom. The predicted molar refractivity (Wildman–Crippen MR) is 156 cm³/mol. The highest BCUT2D eigenvalue weighted by atomic mass is 19.1. The minimum absolute atomic E-state index is 0.000985. The molecule has 0 bridgehead atoms. The van der Waals surface area contributed by atoms with Gasteiger partial charge in [0, 0.05) is 5.56 Å². The highest BCUT2D eigenvalue weighted by Crippen LogP contribution is 2.50. The smallest absolute Gasteiger partial charge is 0.275 e. The fraction of sp³-hybridized carbons (Fsp3) is 0.588. The van der Waals surface area contributed by atoms with Crippen molar-refractivity contribution >= 4 is 11.6 Å². The van der Waals surface area contributed by atoms with Gasteiger partial charge in [-0.1, -0.05) is 77.3 Å². The summed E-state index contributed by atoms with van der Waals surface area (Å²) in [6.07, 6.45) is 8.14. The van der Waals surface area contributed by atoms with Crippen LogP contribution in [0.4, 0.5) is 4.39 Å². The van der Waals surface area contributed by atoms with Gasteiger partial charge in [0.15, 0.2) is 0 Å². The summed E-state index contributed by atoms with van der Waals surface area (Å²) >= 11 is 0. The minimum atomic E-state index is -0.542. The number of aryl methyl sites for hydroxylation is 2. The zero-order chi connectivity index (χ0) is 27.7. The molecule has 1 heterocycles. The molecule has 38 heavy (non-hydrogen) atoms.